The monoisotopic (exact) mass is 297 g/mol. The molecule has 0 aromatic rings. The van der Waals surface area contributed by atoms with E-state index in [1.54, 1.807) is 0 Å². The van der Waals surface area contributed by atoms with E-state index in [0.717, 1.165) is 38.9 Å². The van der Waals surface area contributed by atoms with Gasteiger partial charge in [0.15, 0.2) is 0 Å². The number of ether oxygens (including phenoxy) is 2. The van der Waals surface area contributed by atoms with Gasteiger partial charge in [-0.1, -0.05) is 20.3 Å². The molecule has 2 aliphatic carbocycles. The predicted octanol–water partition coefficient (Wildman–Crippen LogP) is 2.90. The van der Waals surface area contributed by atoms with Gasteiger partial charge in [0.2, 0.25) is 0 Å². The van der Waals surface area contributed by atoms with Gasteiger partial charge in [0, 0.05) is 19.3 Å². The lowest BCUT2D eigenvalue weighted by atomic mass is 9.84. The van der Waals surface area contributed by atoms with Crippen LogP contribution in [0.5, 0.6) is 0 Å². The highest BCUT2D eigenvalue weighted by atomic mass is 16.5. The molecule has 122 valence electrons. The first-order valence-electron chi connectivity index (χ1n) is 8.61. The van der Waals surface area contributed by atoms with Crippen LogP contribution in [0.2, 0.25) is 0 Å². The second-order valence-corrected chi connectivity index (χ2v) is 6.96. The van der Waals surface area contributed by atoms with Crippen molar-refractivity contribution in [3.63, 3.8) is 0 Å². The van der Waals surface area contributed by atoms with E-state index in [0.29, 0.717) is 24.5 Å². The fourth-order valence-electron chi connectivity index (χ4n) is 3.38. The topological polar surface area (TPSA) is 47.6 Å². The summed E-state index contributed by atoms with van der Waals surface area (Å²) in [4.78, 5) is 12.6. The van der Waals surface area contributed by atoms with Crippen LogP contribution in [0.3, 0.4) is 0 Å². The molecule has 0 heterocycles. The van der Waals surface area contributed by atoms with Crippen molar-refractivity contribution in [3.8, 4) is 0 Å². The zero-order chi connectivity index (χ0) is 15.3. The van der Waals surface area contributed by atoms with E-state index in [1.807, 2.05) is 6.92 Å². The fraction of sp³-hybridized carbons (Fsp3) is 0.941. The molecule has 1 N–H and O–H groups in total. The van der Waals surface area contributed by atoms with Gasteiger partial charge in [-0.05, 0) is 50.9 Å². The summed E-state index contributed by atoms with van der Waals surface area (Å²) in [5.41, 5.74) is -0.446. The molecule has 2 fully saturated rings. The molecule has 0 saturated heterocycles. The Bertz CT molecular complexity index is 341. The molecular formula is C17H31NO3. The number of rotatable bonds is 9. The largest absolute Gasteiger partial charge is 0.465 e. The number of esters is 1. The van der Waals surface area contributed by atoms with Crippen molar-refractivity contribution in [2.75, 3.05) is 19.8 Å². The average Bonchev–Trinajstić information content (AvgIpc) is 3.14. The van der Waals surface area contributed by atoms with Gasteiger partial charge in [-0.25, -0.2) is 0 Å². The Labute approximate surface area is 129 Å². The third-order valence-electron chi connectivity index (χ3n) is 4.56. The molecule has 0 amide bonds. The second kappa shape index (κ2) is 7.59. The molecule has 2 aliphatic rings. The Morgan fingerprint density at radius 3 is 2.71 bits per heavy atom. The standard InChI is InChI=1S/C17H31NO3/c1-4-21-16(19)17(18-15-7-8-15)10-5-6-14(17)9-11-20-12-13(2)3/h13-15,18H,4-12H2,1-3H3. The fourth-order valence-corrected chi connectivity index (χ4v) is 3.38. The van der Waals surface area contributed by atoms with E-state index in [1.165, 1.54) is 12.8 Å². The average molecular weight is 297 g/mol. The van der Waals surface area contributed by atoms with Crippen LogP contribution in [-0.2, 0) is 14.3 Å². The molecule has 4 nitrogen and oxygen atoms in total. The van der Waals surface area contributed by atoms with Crippen molar-refractivity contribution >= 4 is 5.97 Å². The molecule has 2 atom stereocenters. The zero-order valence-corrected chi connectivity index (χ0v) is 13.8. The molecule has 4 heteroatoms. The third-order valence-corrected chi connectivity index (χ3v) is 4.56. The molecule has 0 bridgehead atoms. The summed E-state index contributed by atoms with van der Waals surface area (Å²) < 4.78 is 11.1. The Morgan fingerprint density at radius 1 is 1.33 bits per heavy atom. The van der Waals surface area contributed by atoms with Crippen LogP contribution in [-0.4, -0.2) is 37.4 Å². The molecule has 2 unspecified atom stereocenters. The molecule has 0 radical (unpaired) electrons. The summed E-state index contributed by atoms with van der Waals surface area (Å²) in [5.74, 6) is 0.876. The Kier molecular flexibility index (Phi) is 6.06. The second-order valence-electron chi connectivity index (χ2n) is 6.96. The van der Waals surface area contributed by atoms with Crippen LogP contribution in [0.25, 0.3) is 0 Å². The maximum absolute atomic E-state index is 12.6. The van der Waals surface area contributed by atoms with Crippen LogP contribution in [0.1, 0.15) is 59.3 Å². The van der Waals surface area contributed by atoms with E-state index in [4.69, 9.17) is 9.47 Å². The van der Waals surface area contributed by atoms with E-state index in [-0.39, 0.29) is 5.97 Å². The van der Waals surface area contributed by atoms with Crippen LogP contribution in [0.15, 0.2) is 0 Å². The van der Waals surface area contributed by atoms with Crippen LogP contribution < -0.4 is 5.32 Å². The smallest absolute Gasteiger partial charge is 0.326 e. The van der Waals surface area contributed by atoms with Crippen molar-refractivity contribution in [1.82, 2.24) is 5.32 Å². The van der Waals surface area contributed by atoms with Crippen molar-refractivity contribution in [3.05, 3.63) is 0 Å². The summed E-state index contributed by atoms with van der Waals surface area (Å²) in [7, 11) is 0. The Balaban J connectivity index is 1.93. The van der Waals surface area contributed by atoms with Crippen LogP contribution in [0, 0.1) is 11.8 Å². The first kappa shape index (κ1) is 16.8. The van der Waals surface area contributed by atoms with Gasteiger partial charge in [0.25, 0.3) is 0 Å². The number of hydrogen-bond acceptors (Lipinski definition) is 4. The van der Waals surface area contributed by atoms with Gasteiger partial charge >= 0.3 is 5.97 Å². The van der Waals surface area contributed by atoms with Gasteiger partial charge in [-0.3, -0.25) is 10.1 Å². The Hall–Kier alpha value is -0.610. The van der Waals surface area contributed by atoms with E-state index < -0.39 is 5.54 Å². The lowest BCUT2D eigenvalue weighted by molar-refractivity contribution is -0.153. The predicted molar refractivity (Wildman–Crippen MR) is 83.1 cm³/mol. The summed E-state index contributed by atoms with van der Waals surface area (Å²) in [6, 6.07) is 0.520. The summed E-state index contributed by atoms with van der Waals surface area (Å²) in [6.07, 6.45) is 6.45. The first-order valence-corrected chi connectivity index (χ1v) is 8.61. The highest BCUT2D eigenvalue weighted by Gasteiger charge is 2.51. The van der Waals surface area contributed by atoms with Gasteiger partial charge in [0.1, 0.15) is 5.54 Å². The molecule has 0 aromatic carbocycles. The lowest BCUT2D eigenvalue weighted by Gasteiger charge is -2.34. The first-order chi connectivity index (χ1) is 10.1. The van der Waals surface area contributed by atoms with Crippen molar-refractivity contribution in [2.45, 2.75) is 70.9 Å². The minimum absolute atomic E-state index is 0.0386. The van der Waals surface area contributed by atoms with E-state index in [2.05, 4.69) is 19.2 Å². The quantitative estimate of drug-likeness (QED) is 0.525. The summed E-state index contributed by atoms with van der Waals surface area (Å²) in [6.45, 7) is 8.22. The van der Waals surface area contributed by atoms with Crippen molar-refractivity contribution in [2.24, 2.45) is 11.8 Å². The normalized spacial score (nSPS) is 29.0. The lowest BCUT2D eigenvalue weighted by Crippen LogP contribution is -2.56. The van der Waals surface area contributed by atoms with Gasteiger partial charge in [-0.15, -0.1) is 0 Å². The van der Waals surface area contributed by atoms with Gasteiger partial charge in [0.05, 0.1) is 6.61 Å². The minimum atomic E-state index is -0.446. The van der Waals surface area contributed by atoms with E-state index >= 15 is 0 Å². The van der Waals surface area contributed by atoms with Crippen molar-refractivity contribution in [1.29, 1.82) is 0 Å². The van der Waals surface area contributed by atoms with Gasteiger partial charge < -0.3 is 9.47 Å². The minimum Gasteiger partial charge on any atom is -0.465 e. The summed E-state index contributed by atoms with van der Waals surface area (Å²) in [5, 5.41) is 3.62. The van der Waals surface area contributed by atoms with Crippen LogP contribution >= 0.6 is 0 Å². The molecule has 2 saturated carbocycles. The molecule has 21 heavy (non-hydrogen) atoms. The molecule has 2 rings (SSSR count). The molecular weight excluding hydrogens is 266 g/mol. The van der Waals surface area contributed by atoms with Gasteiger partial charge in [-0.2, -0.15) is 0 Å². The number of hydrogen-bond donors (Lipinski definition) is 1. The van der Waals surface area contributed by atoms with Crippen LogP contribution in [0.4, 0.5) is 0 Å². The third kappa shape index (κ3) is 4.43. The number of carbonyl (C=O) groups excluding carboxylic acids is 1. The highest BCUT2D eigenvalue weighted by molar-refractivity contribution is 5.82. The highest BCUT2D eigenvalue weighted by Crippen LogP contribution is 2.41. The number of carbonyl (C=O) groups is 1. The van der Waals surface area contributed by atoms with E-state index in [9.17, 15) is 4.79 Å². The summed E-state index contributed by atoms with van der Waals surface area (Å²) >= 11 is 0. The number of nitrogens with one attached hydrogen (secondary N) is 1. The molecule has 0 spiro atoms. The zero-order valence-electron chi connectivity index (χ0n) is 13.8. The maximum Gasteiger partial charge on any atom is 0.326 e. The Morgan fingerprint density at radius 2 is 2.10 bits per heavy atom. The maximum atomic E-state index is 12.6. The molecule has 0 aromatic heterocycles. The molecule has 0 aliphatic heterocycles. The van der Waals surface area contributed by atoms with Crippen molar-refractivity contribution < 1.29 is 14.3 Å². The SMILES string of the molecule is CCOC(=O)C1(NC2CC2)CCCC1CCOCC(C)C.